The molecule has 0 bridgehead atoms. The third-order valence-electron chi connectivity index (χ3n) is 2.34. The van der Waals surface area contributed by atoms with Crippen molar-refractivity contribution in [3.8, 4) is 11.9 Å². The van der Waals surface area contributed by atoms with E-state index in [4.69, 9.17) is 24.2 Å². The van der Waals surface area contributed by atoms with E-state index >= 15 is 0 Å². The van der Waals surface area contributed by atoms with Crippen LogP contribution >= 0.6 is 0 Å². The fourth-order valence-electron chi connectivity index (χ4n) is 1.45. The Morgan fingerprint density at radius 2 is 1.70 bits per heavy atom. The van der Waals surface area contributed by atoms with Crippen LogP contribution in [-0.2, 0) is 14.2 Å². The van der Waals surface area contributed by atoms with E-state index < -0.39 is 0 Å². The zero-order valence-corrected chi connectivity index (χ0v) is 11.9. The zero-order chi connectivity index (χ0) is 14.6. The Kier molecular flexibility index (Phi) is 8.31. The summed E-state index contributed by atoms with van der Waals surface area (Å²) in [5, 5.41) is 8.84. The van der Waals surface area contributed by atoms with E-state index in [0.717, 1.165) is 5.69 Å². The van der Waals surface area contributed by atoms with Gasteiger partial charge in [-0.05, 0) is 13.0 Å². The summed E-state index contributed by atoms with van der Waals surface area (Å²) in [5.74, 6) is 0.446. The number of aromatic nitrogens is 1. The first-order chi connectivity index (χ1) is 9.76. The van der Waals surface area contributed by atoms with Gasteiger partial charge in [0.05, 0.1) is 44.7 Å². The minimum absolute atomic E-state index is 0.388. The van der Waals surface area contributed by atoms with Gasteiger partial charge < -0.3 is 18.9 Å². The average molecular weight is 280 g/mol. The van der Waals surface area contributed by atoms with Crippen LogP contribution in [0.25, 0.3) is 0 Å². The molecule has 1 heterocycles. The van der Waals surface area contributed by atoms with Gasteiger partial charge in [-0.15, -0.1) is 0 Å². The first-order valence-electron chi connectivity index (χ1n) is 6.42. The van der Waals surface area contributed by atoms with Gasteiger partial charge in [0.2, 0.25) is 5.88 Å². The molecule has 6 heteroatoms. The van der Waals surface area contributed by atoms with Gasteiger partial charge in [-0.2, -0.15) is 5.26 Å². The fraction of sp³-hybridized carbons (Fsp3) is 0.571. The van der Waals surface area contributed by atoms with E-state index in [0.29, 0.717) is 51.1 Å². The van der Waals surface area contributed by atoms with Crippen molar-refractivity contribution in [1.29, 1.82) is 5.26 Å². The summed E-state index contributed by atoms with van der Waals surface area (Å²) in [7, 11) is 1.63. The number of hydrogen-bond acceptors (Lipinski definition) is 6. The van der Waals surface area contributed by atoms with Crippen LogP contribution in [-0.4, -0.2) is 51.7 Å². The van der Waals surface area contributed by atoms with Gasteiger partial charge >= 0.3 is 0 Å². The lowest BCUT2D eigenvalue weighted by molar-refractivity contribution is 0.0176. The third kappa shape index (κ3) is 7.04. The van der Waals surface area contributed by atoms with Crippen molar-refractivity contribution in [1.82, 2.24) is 4.98 Å². The molecule has 20 heavy (non-hydrogen) atoms. The van der Waals surface area contributed by atoms with Crippen LogP contribution in [0.5, 0.6) is 5.88 Å². The monoisotopic (exact) mass is 280 g/mol. The molecule has 110 valence electrons. The largest absolute Gasteiger partial charge is 0.475 e. The highest BCUT2D eigenvalue weighted by Crippen LogP contribution is 2.11. The van der Waals surface area contributed by atoms with E-state index in [1.54, 1.807) is 19.2 Å². The Morgan fingerprint density at radius 3 is 2.35 bits per heavy atom. The topological polar surface area (TPSA) is 73.6 Å². The molecule has 1 aromatic rings. The Bertz CT molecular complexity index is 432. The Balaban J connectivity index is 2.10. The number of rotatable bonds is 10. The molecular formula is C14H20N2O4. The van der Waals surface area contributed by atoms with Crippen molar-refractivity contribution >= 4 is 0 Å². The van der Waals surface area contributed by atoms with Crippen molar-refractivity contribution in [2.45, 2.75) is 6.92 Å². The molecule has 0 fully saturated rings. The molecule has 0 unspecified atom stereocenters. The molecule has 1 aromatic heterocycles. The van der Waals surface area contributed by atoms with Crippen LogP contribution in [0.2, 0.25) is 0 Å². The molecule has 0 aliphatic rings. The minimum Gasteiger partial charge on any atom is -0.475 e. The predicted octanol–water partition coefficient (Wildman–Crippen LogP) is 1.32. The van der Waals surface area contributed by atoms with Crippen molar-refractivity contribution in [3.05, 3.63) is 23.4 Å². The van der Waals surface area contributed by atoms with Gasteiger partial charge in [0.25, 0.3) is 0 Å². The molecule has 1 rings (SSSR count). The van der Waals surface area contributed by atoms with Crippen molar-refractivity contribution in [2.24, 2.45) is 0 Å². The molecule has 0 amide bonds. The predicted molar refractivity (Wildman–Crippen MR) is 72.7 cm³/mol. The maximum Gasteiger partial charge on any atom is 0.214 e. The second kappa shape index (κ2) is 10.1. The number of nitrogens with zero attached hydrogens (tertiary/aromatic N) is 2. The SMILES string of the molecule is COCCOCCOCCOc1cc(C#N)cc(C)n1. The molecular weight excluding hydrogens is 260 g/mol. The highest BCUT2D eigenvalue weighted by molar-refractivity contribution is 5.33. The number of hydrogen-bond donors (Lipinski definition) is 0. The Hall–Kier alpha value is -1.68. The molecule has 0 N–H and O–H groups in total. The van der Waals surface area contributed by atoms with Crippen molar-refractivity contribution in [2.75, 3.05) is 46.8 Å². The van der Waals surface area contributed by atoms with Crippen molar-refractivity contribution < 1.29 is 18.9 Å². The summed E-state index contributed by atoms with van der Waals surface area (Å²) in [6.07, 6.45) is 0. The number of pyridine rings is 1. The van der Waals surface area contributed by atoms with Crippen molar-refractivity contribution in [3.63, 3.8) is 0 Å². The van der Waals surface area contributed by atoms with Gasteiger partial charge in [-0.25, -0.2) is 4.98 Å². The van der Waals surface area contributed by atoms with Gasteiger partial charge in [0, 0.05) is 18.9 Å². The van der Waals surface area contributed by atoms with E-state index in [1.807, 2.05) is 6.92 Å². The molecule has 6 nitrogen and oxygen atoms in total. The summed E-state index contributed by atoms with van der Waals surface area (Å²) < 4.78 is 20.9. The smallest absolute Gasteiger partial charge is 0.214 e. The standard InChI is InChI=1S/C14H20N2O4/c1-12-9-13(11-15)10-14(16-12)20-8-7-19-6-5-18-4-3-17-2/h9-10H,3-8H2,1-2H3. The molecule has 0 aliphatic carbocycles. The van der Waals surface area contributed by atoms with Gasteiger partial charge in [0.1, 0.15) is 6.61 Å². The fourth-order valence-corrected chi connectivity index (χ4v) is 1.45. The van der Waals surface area contributed by atoms with E-state index in [-0.39, 0.29) is 0 Å². The maximum absolute atomic E-state index is 8.84. The summed E-state index contributed by atoms with van der Waals surface area (Å²) in [6.45, 7) is 4.86. The van der Waals surface area contributed by atoms with Gasteiger partial charge in [-0.1, -0.05) is 0 Å². The number of aryl methyl sites for hydroxylation is 1. The number of ether oxygens (including phenoxy) is 4. The summed E-state index contributed by atoms with van der Waals surface area (Å²) in [4.78, 5) is 4.18. The van der Waals surface area contributed by atoms with Crippen LogP contribution in [0.4, 0.5) is 0 Å². The summed E-state index contributed by atoms with van der Waals surface area (Å²) in [5.41, 5.74) is 1.30. The Morgan fingerprint density at radius 1 is 1.05 bits per heavy atom. The molecule has 0 saturated carbocycles. The normalized spacial score (nSPS) is 10.2. The second-order valence-electron chi connectivity index (χ2n) is 4.01. The van der Waals surface area contributed by atoms with Crippen LogP contribution in [0.1, 0.15) is 11.3 Å². The maximum atomic E-state index is 8.84. The number of methoxy groups -OCH3 is 1. The third-order valence-corrected chi connectivity index (χ3v) is 2.34. The molecule has 0 atom stereocenters. The summed E-state index contributed by atoms with van der Waals surface area (Å²) in [6, 6.07) is 5.39. The summed E-state index contributed by atoms with van der Waals surface area (Å²) >= 11 is 0. The minimum atomic E-state index is 0.388. The Labute approximate surface area is 119 Å². The van der Waals surface area contributed by atoms with Crippen LogP contribution < -0.4 is 4.74 Å². The van der Waals surface area contributed by atoms with Crippen LogP contribution in [0.3, 0.4) is 0 Å². The lowest BCUT2D eigenvalue weighted by Gasteiger charge is -2.08. The average Bonchev–Trinajstić information content (AvgIpc) is 2.45. The first kappa shape index (κ1) is 16.4. The number of nitriles is 1. The van der Waals surface area contributed by atoms with Gasteiger partial charge in [0.15, 0.2) is 0 Å². The quantitative estimate of drug-likeness (QED) is 0.602. The molecule has 0 aliphatic heterocycles. The lowest BCUT2D eigenvalue weighted by atomic mass is 10.2. The lowest BCUT2D eigenvalue weighted by Crippen LogP contribution is -2.12. The molecule has 0 spiro atoms. The first-order valence-corrected chi connectivity index (χ1v) is 6.42. The molecule has 0 aromatic carbocycles. The highest BCUT2D eigenvalue weighted by Gasteiger charge is 2.00. The van der Waals surface area contributed by atoms with E-state index in [9.17, 15) is 0 Å². The van der Waals surface area contributed by atoms with Gasteiger partial charge in [-0.3, -0.25) is 0 Å². The zero-order valence-electron chi connectivity index (χ0n) is 11.9. The second-order valence-corrected chi connectivity index (χ2v) is 4.01. The van der Waals surface area contributed by atoms with Crippen LogP contribution in [0.15, 0.2) is 12.1 Å². The molecule has 0 radical (unpaired) electrons. The van der Waals surface area contributed by atoms with E-state index in [1.165, 1.54) is 0 Å². The van der Waals surface area contributed by atoms with E-state index in [2.05, 4.69) is 11.1 Å². The highest BCUT2D eigenvalue weighted by atomic mass is 16.6. The molecule has 0 saturated heterocycles. The van der Waals surface area contributed by atoms with Crippen LogP contribution in [0, 0.1) is 18.3 Å².